The number of fused-ring (bicyclic) bond motifs is 5. The first-order chi connectivity index (χ1) is 30.6. The van der Waals surface area contributed by atoms with Crippen molar-refractivity contribution in [2.24, 2.45) is 0 Å². The molecule has 0 aliphatic carbocycles. The van der Waals surface area contributed by atoms with Gasteiger partial charge in [-0.2, -0.15) is 9.97 Å². The number of nitrogens with zero attached hydrogens (tertiary/aromatic N) is 7. The van der Waals surface area contributed by atoms with E-state index in [0.717, 1.165) is 18.4 Å². The van der Waals surface area contributed by atoms with Crippen molar-refractivity contribution in [1.29, 1.82) is 0 Å². The molecule has 4 atom stereocenters. The standard InChI is InChI=1S/C47H45F2N7O8/c1-6-34-37(48)17-10-28-8-7-9-35(38(28)34)40-39(49)41-36(21-50-40)42(53-23-30-11-12-31(24-53)55(30)44(57)64-46(3,4)5)52-43(51-41)62-26-47-19-18-32(54(47)22-27(2)20-47)25-61-45(58)63-33-15-13-29(14-16-33)56(59)60/h1,7-10,13-17,21,30-32H,2,11-12,18-20,22-26H2,3-5H3/t30-,31+,32-,47-/m0/s1. The molecule has 15 nitrogen and oxygen atoms in total. The van der Waals surface area contributed by atoms with Gasteiger partial charge in [0.15, 0.2) is 5.82 Å². The number of piperazine rings is 1. The van der Waals surface area contributed by atoms with Gasteiger partial charge >= 0.3 is 18.3 Å². The minimum atomic E-state index is -0.946. The first-order valence-corrected chi connectivity index (χ1v) is 21.1. The van der Waals surface area contributed by atoms with Crippen LogP contribution in [0.5, 0.6) is 11.8 Å². The van der Waals surface area contributed by atoms with Crippen molar-refractivity contribution in [3.05, 3.63) is 100 Å². The summed E-state index contributed by atoms with van der Waals surface area (Å²) in [6, 6.07) is 12.4. The third kappa shape index (κ3) is 7.87. The molecule has 0 spiro atoms. The van der Waals surface area contributed by atoms with Crippen LogP contribution in [0.15, 0.2) is 72.9 Å². The normalized spacial score (nSPS) is 21.8. The van der Waals surface area contributed by atoms with Crippen LogP contribution in [-0.4, -0.2) is 104 Å². The summed E-state index contributed by atoms with van der Waals surface area (Å²) in [4.78, 5) is 56.7. The second-order valence-corrected chi connectivity index (χ2v) is 17.8. The van der Waals surface area contributed by atoms with Crippen molar-refractivity contribution in [1.82, 2.24) is 24.8 Å². The van der Waals surface area contributed by atoms with Gasteiger partial charge in [0, 0.05) is 55.0 Å². The van der Waals surface area contributed by atoms with Crippen molar-refractivity contribution in [2.45, 2.75) is 82.1 Å². The van der Waals surface area contributed by atoms with Crippen LogP contribution in [0.4, 0.5) is 29.9 Å². The highest BCUT2D eigenvalue weighted by Crippen LogP contribution is 2.45. The number of aromatic nitrogens is 3. The third-order valence-corrected chi connectivity index (χ3v) is 12.5. The lowest BCUT2D eigenvalue weighted by Crippen LogP contribution is -2.57. The highest BCUT2D eigenvalue weighted by Gasteiger charge is 2.52. The lowest BCUT2D eigenvalue weighted by Gasteiger charge is -2.42. The van der Waals surface area contributed by atoms with E-state index in [-0.39, 0.29) is 71.7 Å². The Morgan fingerprint density at radius 2 is 1.80 bits per heavy atom. The summed E-state index contributed by atoms with van der Waals surface area (Å²) in [6.07, 6.45) is 9.37. The first kappa shape index (κ1) is 42.4. The van der Waals surface area contributed by atoms with E-state index in [1.165, 1.54) is 36.5 Å². The molecule has 4 fully saturated rings. The summed E-state index contributed by atoms with van der Waals surface area (Å²) in [7, 11) is 0. The van der Waals surface area contributed by atoms with E-state index < -0.39 is 33.9 Å². The van der Waals surface area contributed by atoms with E-state index in [4.69, 9.17) is 30.4 Å². The number of non-ortho nitro benzene ring substituents is 1. The summed E-state index contributed by atoms with van der Waals surface area (Å²) in [6.45, 7) is 11.2. The van der Waals surface area contributed by atoms with E-state index in [9.17, 15) is 19.7 Å². The van der Waals surface area contributed by atoms with Crippen LogP contribution in [0, 0.1) is 34.1 Å². The maximum absolute atomic E-state index is 17.3. The van der Waals surface area contributed by atoms with E-state index in [1.807, 2.05) is 25.7 Å². The van der Waals surface area contributed by atoms with E-state index in [1.54, 1.807) is 29.2 Å². The van der Waals surface area contributed by atoms with Gasteiger partial charge < -0.3 is 23.8 Å². The fourth-order valence-electron chi connectivity index (χ4n) is 9.77. The highest BCUT2D eigenvalue weighted by atomic mass is 19.1. The Bertz CT molecular complexity index is 2760. The van der Waals surface area contributed by atoms with E-state index >= 15 is 8.78 Å². The zero-order valence-electron chi connectivity index (χ0n) is 35.5. The number of pyridine rings is 1. The van der Waals surface area contributed by atoms with Crippen LogP contribution in [0.3, 0.4) is 0 Å². The van der Waals surface area contributed by atoms with Crippen LogP contribution >= 0.6 is 0 Å². The molecule has 3 aromatic carbocycles. The van der Waals surface area contributed by atoms with Crippen molar-refractivity contribution in [3.63, 3.8) is 0 Å². The molecule has 5 aromatic rings. The van der Waals surface area contributed by atoms with Gasteiger partial charge in [-0.1, -0.05) is 42.3 Å². The molecule has 9 rings (SSSR count). The van der Waals surface area contributed by atoms with Crippen LogP contribution in [0.1, 0.15) is 58.4 Å². The van der Waals surface area contributed by atoms with Crippen molar-refractivity contribution < 1.29 is 42.2 Å². The topological polar surface area (TPSA) is 163 Å². The minimum absolute atomic E-state index is 0.00944. The number of rotatable bonds is 9. The molecule has 2 bridgehead atoms. The summed E-state index contributed by atoms with van der Waals surface area (Å²) < 4.78 is 55.4. The molecule has 0 N–H and O–H groups in total. The smallest absolute Gasteiger partial charge is 0.461 e. The fourth-order valence-corrected chi connectivity index (χ4v) is 9.77. The van der Waals surface area contributed by atoms with Gasteiger partial charge in [-0.25, -0.2) is 18.4 Å². The van der Waals surface area contributed by atoms with Crippen LogP contribution < -0.4 is 14.4 Å². The summed E-state index contributed by atoms with van der Waals surface area (Å²) in [5, 5.41) is 12.3. The zero-order chi connectivity index (χ0) is 45.1. The predicted octanol–water partition coefficient (Wildman–Crippen LogP) is 8.36. The molecule has 0 radical (unpaired) electrons. The van der Waals surface area contributed by atoms with Gasteiger partial charge in [0.2, 0.25) is 0 Å². The Balaban J connectivity index is 1.02. The monoisotopic (exact) mass is 873 g/mol. The molecule has 0 saturated carbocycles. The molecule has 64 heavy (non-hydrogen) atoms. The number of amides is 1. The quantitative estimate of drug-likeness (QED) is 0.0347. The molecule has 330 valence electrons. The van der Waals surface area contributed by atoms with Gasteiger partial charge in [-0.05, 0) is 76.5 Å². The number of carbonyl (C=O) groups is 2. The van der Waals surface area contributed by atoms with Crippen molar-refractivity contribution >= 4 is 45.4 Å². The van der Waals surface area contributed by atoms with Gasteiger partial charge in [0.25, 0.3) is 5.69 Å². The lowest BCUT2D eigenvalue weighted by atomic mass is 9.94. The Kier molecular flexibility index (Phi) is 10.8. The fraction of sp³-hybridized carbons (Fsp3) is 0.383. The summed E-state index contributed by atoms with van der Waals surface area (Å²) in [5.74, 6) is 1.54. The number of terminal acetylenes is 1. The number of hydrogen-bond donors (Lipinski definition) is 0. The molecule has 4 aliphatic heterocycles. The Hall–Kier alpha value is -6.93. The number of nitro groups is 1. The average Bonchev–Trinajstić information content (AvgIpc) is 3.86. The zero-order valence-corrected chi connectivity index (χ0v) is 35.5. The number of hydrogen-bond acceptors (Lipinski definition) is 13. The number of anilines is 1. The van der Waals surface area contributed by atoms with Crippen molar-refractivity contribution in [3.8, 4) is 35.4 Å². The number of ether oxygens (including phenoxy) is 4. The maximum atomic E-state index is 17.3. The number of carbonyl (C=O) groups excluding carboxylic acids is 2. The van der Waals surface area contributed by atoms with Crippen LogP contribution in [0.25, 0.3) is 32.9 Å². The van der Waals surface area contributed by atoms with Crippen LogP contribution in [0.2, 0.25) is 0 Å². The molecular weight excluding hydrogens is 829 g/mol. The molecule has 4 saturated heterocycles. The van der Waals surface area contributed by atoms with Crippen molar-refractivity contribution in [2.75, 3.05) is 37.7 Å². The Morgan fingerprint density at radius 1 is 1.05 bits per heavy atom. The molecule has 1 amide bonds. The number of halogens is 2. The Labute approximate surface area is 367 Å². The second-order valence-electron chi connectivity index (χ2n) is 17.8. The summed E-state index contributed by atoms with van der Waals surface area (Å²) >= 11 is 0. The van der Waals surface area contributed by atoms with E-state index in [2.05, 4.69) is 27.4 Å². The number of nitro benzene ring substituents is 1. The van der Waals surface area contributed by atoms with Crippen LogP contribution in [-0.2, 0) is 9.47 Å². The molecule has 2 aromatic heterocycles. The maximum Gasteiger partial charge on any atom is 0.513 e. The number of benzene rings is 3. The molecule has 17 heteroatoms. The summed E-state index contributed by atoms with van der Waals surface area (Å²) in [5.41, 5.74) is -0.263. The Morgan fingerprint density at radius 3 is 2.50 bits per heavy atom. The van der Waals surface area contributed by atoms with Gasteiger partial charge in [0.05, 0.1) is 33.5 Å². The minimum Gasteiger partial charge on any atom is -0.461 e. The first-order valence-electron chi connectivity index (χ1n) is 21.1. The largest absolute Gasteiger partial charge is 0.513 e. The molecule has 0 unspecified atom stereocenters. The second kappa shape index (κ2) is 16.3. The average molecular weight is 874 g/mol. The highest BCUT2D eigenvalue weighted by molar-refractivity contribution is 6.02. The van der Waals surface area contributed by atoms with Gasteiger partial charge in [-0.3, -0.25) is 24.9 Å². The third-order valence-electron chi connectivity index (χ3n) is 12.5. The predicted molar refractivity (Wildman–Crippen MR) is 232 cm³/mol. The van der Waals surface area contributed by atoms with Gasteiger partial charge in [0.1, 0.15) is 47.4 Å². The molecular formula is C47H45F2N7O8. The van der Waals surface area contributed by atoms with E-state index in [0.29, 0.717) is 66.4 Å². The molecule has 6 heterocycles. The molecule has 4 aliphatic rings. The lowest BCUT2D eigenvalue weighted by molar-refractivity contribution is -0.384. The van der Waals surface area contributed by atoms with Gasteiger partial charge in [-0.15, -0.1) is 6.42 Å². The SMILES string of the molecule is C#Cc1c(F)ccc2cccc(-c3ncc4c(N5C[C@H]6CC[C@@H](C5)N6C(=O)OC(C)(C)C)nc(OC[C@@]56CC[C@@H](COC(=O)Oc7ccc([N+](=O)[O-])cc7)N5CC(=C)C6)nc4c3F)c12.